The van der Waals surface area contributed by atoms with Crippen LogP contribution in [0, 0.1) is 6.92 Å². The number of aromatic nitrogens is 2. The monoisotopic (exact) mass is 223 g/mol. The predicted octanol–water partition coefficient (Wildman–Crippen LogP) is 2.78. The Bertz CT molecular complexity index is 350. The van der Waals surface area contributed by atoms with Gasteiger partial charge in [0.2, 0.25) is 11.8 Å². The SMILES string of the molecule is CCNc1ncc(C)c(OC(C)(C)CC)n1. The van der Waals surface area contributed by atoms with Gasteiger partial charge in [0.05, 0.1) is 0 Å². The van der Waals surface area contributed by atoms with Gasteiger partial charge >= 0.3 is 0 Å². The van der Waals surface area contributed by atoms with Gasteiger partial charge in [-0.25, -0.2) is 4.98 Å². The maximum Gasteiger partial charge on any atom is 0.225 e. The molecule has 1 aromatic rings. The zero-order valence-corrected chi connectivity index (χ0v) is 10.8. The summed E-state index contributed by atoms with van der Waals surface area (Å²) in [6.07, 6.45) is 2.72. The van der Waals surface area contributed by atoms with Gasteiger partial charge in [-0.15, -0.1) is 0 Å². The smallest absolute Gasteiger partial charge is 0.225 e. The van der Waals surface area contributed by atoms with Crippen LogP contribution in [0.1, 0.15) is 39.7 Å². The molecule has 0 spiro atoms. The quantitative estimate of drug-likeness (QED) is 0.833. The lowest BCUT2D eigenvalue weighted by Crippen LogP contribution is -2.27. The Kier molecular flexibility index (Phi) is 4.10. The minimum absolute atomic E-state index is 0.192. The first-order valence-electron chi connectivity index (χ1n) is 5.75. The molecule has 0 aliphatic carbocycles. The molecule has 0 unspecified atom stereocenters. The molecule has 90 valence electrons. The number of anilines is 1. The van der Waals surface area contributed by atoms with Crippen molar-refractivity contribution in [2.75, 3.05) is 11.9 Å². The number of hydrogen-bond acceptors (Lipinski definition) is 4. The third-order valence-corrected chi connectivity index (χ3v) is 2.48. The standard InChI is InChI=1S/C12H21N3O/c1-6-12(4,5)16-10-9(3)8-14-11(15-10)13-7-2/h8H,6-7H2,1-5H3,(H,13,14,15). The van der Waals surface area contributed by atoms with Gasteiger partial charge in [-0.05, 0) is 34.1 Å². The normalized spacial score (nSPS) is 11.3. The van der Waals surface area contributed by atoms with Crippen LogP contribution < -0.4 is 10.1 Å². The number of rotatable bonds is 5. The fraction of sp³-hybridized carbons (Fsp3) is 0.667. The van der Waals surface area contributed by atoms with Gasteiger partial charge in [0, 0.05) is 18.3 Å². The van der Waals surface area contributed by atoms with Crippen molar-refractivity contribution < 1.29 is 4.74 Å². The van der Waals surface area contributed by atoms with Crippen molar-refractivity contribution in [2.24, 2.45) is 0 Å². The van der Waals surface area contributed by atoms with Crippen LogP contribution in [0.25, 0.3) is 0 Å². The molecule has 0 amide bonds. The lowest BCUT2D eigenvalue weighted by Gasteiger charge is -2.25. The highest BCUT2D eigenvalue weighted by atomic mass is 16.5. The van der Waals surface area contributed by atoms with Crippen LogP contribution in [-0.2, 0) is 0 Å². The second-order valence-corrected chi connectivity index (χ2v) is 4.43. The minimum Gasteiger partial charge on any atom is -0.471 e. The summed E-state index contributed by atoms with van der Waals surface area (Å²) in [4.78, 5) is 8.53. The van der Waals surface area contributed by atoms with Crippen LogP contribution in [0.2, 0.25) is 0 Å². The van der Waals surface area contributed by atoms with E-state index in [2.05, 4.69) is 36.1 Å². The molecule has 1 rings (SSSR count). The van der Waals surface area contributed by atoms with E-state index in [4.69, 9.17) is 4.74 Å². The maximum absolute atomic E-state index is 5.88. The van der Waals surface area contributed by atoms with E-state index >= 15 is 0 Å². The van der Waals surface area contributed by atoms with Gasteiger partial charge in [-0.2, -0.15) is 4.98 Å². The Morgan fingerprint density at radius 2 is 2.06 bits per heavy atom. The Morgan fingerprint density at radius 1 is 1.38 bits per heavy atom. The van der Waals surface area contributed by atoms with Gasteiger partial charge in [0.1, 0.15) is 5.60 Å². The van der Waals surface area contributed by atoms with Gasteiger partial charge in [-0.1, -0.05) is 6.92 Å². The van der Waals surface area contributed by atoms with Gasteiger partial charge in [0.25, 0.3) is 0 Å². The molecule has 1 aromatic heterocycles. The highest BCUT2D eigenvalue weighted by Gasteiger charge is 2.19. The molecular weight excluding hydrogens is 202 g/mol. The van der Waals surface area contributed by atoms with Crippen molar-refractivity contribution in [2.45, 2.75) is 46.6 Å². The summed E-state index contributed by atoms with van der Waals surface area (Å²) >= 11 is 0. The first-order chi connectivity index (χ1) is 7.48. The minimum atomic E-state index is -0.192. The van der Waals surface area contributed by atoms with E-state index in [0.717, 1.165) is 18.5 Å². The second kappa shape index (κ2) is 5.14. The van der Waals surface area contributed by atoms with Crippen molar-refractivity contribution in [1.29, 1.82) is 0 Å². The molecule has 0 aromatic carbocycles. The molecule has 0 saturated carbocycles. The molecule has 0 bridgehead atoms. The van der Waals surface area contributed by atoms with E-state index < -0.39 is 0 Å². The molecule has 0 aliphatic rings. The number of nitrogens with one attached hydrogen (secondary N) is 1. The summed E-state index contributed by atoms with van der Waals surface area (Å²) in [5.41, 5.74) is 0.769. The fourth-order valence-electron chi connectivity index (χ4n) is 1.11. The van der Waals surface area contributed by atoms with Crippen LogP contribution in [0.4, 0.5) is 5.95 Å². The van der Waals surface area contributed by atoms with Crippen LogP contribution >= 0.6 is 0 Å². The van der Waals surface area contributed by atoms with Crippen LogP contribution in [0.5, 0.6) is 5.88 Å². The molecular formula is C12H21N3O. The third kappa shape index (κ3) is 3.36. The number of nitrogens with zero attached hydrogens (tertiary/aromatic N) is 2. The van der Waals surface area contributed by atoms with Crippen LogP contribution in [0.3, 0.4) is 0 Å². The third-order valence-electron chi connectivity index (χ3n) is 2.48. The molecule has 0 aliphatic heterocycles. The summed E-state index contributed by atoms with van der Waals surface area (Å²) in [6.45, 7) is 11.0. The summed E-state index contributed by atoms with van der Waals surface area (Å²) < 4.78 is 5.88. The maximum atomic E-state index is 5.88. The molecule has 16 heavy (non-hydrogen) atoms. The van der Waals surface area contributed by atoms with Crippen molar-refractivity contribution in [3.63, 3.8) is 0 Å². The van der Waals surface area contributed by atoms with Crippen molar-refractivity contribution in [3.8, 4) is 5.88 Å². The number of hydrogen-bond donors (Lipinski definition) is 1. The van der Waals surface area contributed by atoms with Crippen molar-refractivity contribution >= 4 is 5.95 Å². The summed E-state index contributed by atoms with van der Waals surface area (Å²) in [5, 5.41) is 3.08. The topological polar surface area (TPSA) is 47.0 Å². The Hall–Kier alpha value is -1.32. The highest BCUT2D eigenvalue weighted by molar-refractivity contribution is 5.32. The zero-order valence-electron chi connectivity index (χ0n) is 10.8. The Balaban J connectivity index is 2.89. The molecule has 0 atom stereocenters. The molecule has 0 fully saturated rings. The molecule has 4 heteroatoms. The molecule has 1 heterocycles. The van der Waals surface area contributed by atoms with E-state index in [1.165, 1.54) is 0 Å². The molecule has 1 N–H and O–H groups in total. The second-order valence-electron chi connectivity index (χ2n) is 4.43. The van der Waals surface area contributed by atoms with Gasteiger partial charge in [-0.3, -0.25) is 0 Å². The summed E-state index contributed by atoms with van der Waals surface area (Å²) in [7, 11) is 0. The summed E-state index contributed by atoms with van der Waals surface area (Å²) in [5.74, 6) is 1.29. The van der Waals surface area contributed by atoms with E-state index in [1.807, 2.05) is 13.8 Å². The zero-order chi connectivity index (χ0) is 12.2. The Morgan fingerprint density at radius 3 is 2.62 bits per heavy atom. The first kappa shape index (κ1) is 12.7. The van der Waals surface area contributed by atoms with Gasteiger partial charge in [0.15, 0.2) is 0 Å². The van der Waals surface area contributed by atoms with Crippen LogP contribution in [0.15, 0.2) is 6.20 Å². The van der Waals surface area contributed by atoms with Crippen molar-refractivity contribution in [3.05, 3.63) is 11.8 Å². The molecule has 0 radical (unpaired) electrons. The van der Waals surface area contributed by atoms with E-state index in [9.17, 15) is 0 Å². The molecule has 0 saturated heterocycles. The van der Waals surface area contributed by atoms with E-state index in [1.54, 1.807) is 6.20 Å². The average Bonchev–Trinajstić information content (AvgIpc) is 2.23. The molecule has 4 nitrogen and oxygen atoms in total. The van der Waals surface area contributed by atoms with Crippen LogP contribution in [-0.4, -0.2) is 22.1 Å². The predicted molar refractivity (Wildman–Crippen MR) is 65.9 cm³/mol. The fourth-order valence-corrected chi connectivity index (χ4v) is 1.11. The number of aryl methyl sites for hydroxylation is 1. The lowest BCUT2D eigenvalue weighted by molar-refractivity contribution is 0.0980. The highest BCUT2D eigenvalue weighted by Crippen LogP contribution is 2.22. The first-order valence-corrected chi connectivity index (χ1v) is 5.75. The average molecular weight is 223 g/mol. The van der Waals surface area contributed by atoms with Crippen molar-refractivity contribution in [1.82, 2.24) is 9.97 Å². The van der Waals surface area contributed by atoms with E-state index in [0.29, 0.717) is 11.8 Å². The lowest BCUT2D eigenvalue weighted by atomic mass is 10.1. The Labute approximate surface area is 97.5 Å². The van der Waals surface area contributed by atoms with Gasteiger partial charge < -0.3 is 10.1 Å². The summed E-state index contributed by atoms with van der Waals surface area (Å²) in [6, 6.07) is 0. The van der Waals surface area contributed by atoms with E-state index in [-0.39, 0.29) is 5.60 Å². The largest absolute Gasteiger partial charge is 0.471 e. The number of ether oxygens (including phenoxy) is 1.